The van der Waals surface area contributed by atoms with Gasteiger partial charge in [-0.1, -0.05) is 56.6 Å². The van der Waals surface area contributed by atoms with Gasteiger partial charge in [0.1, 0.15) is 0 Å². The predicted molar refractivity (Wildman–Crippen MR) is 100 cm³/mol. The summed E-state index contributed by atoms with van der Waals surface area (Å²) in [6.07, 6.45) is 17.5. The minimum absolute atomic E-state index is 0.241. The molecule has 140 valence electrons. The fraction of sp³-hybridized carbons (Fsp3) is 0.450. The average Bonchev–Trinajstić information content (AvgIpc) is 2.57. The van der Waals surface area contributed by atoms with E-state index in [0.29, 0.717) is 6.42 Å². The fourth-order valence-electron chi connectivity index (χ4n) is 2.02. The van der Waals surface area contributed by atoms with Gasteiger partial charge in [0.15, 0.2) is 11.5 Å². The molecule has 0 rings (SSSR count). The molecule has 0 aromatic carbocycles. The standard InChI is InChI=1S/C20H30O5/c1-2-3-7-12-17(21)13-8-6-10-15-19(23)18(22)14-9-4-5-11-16-20(24)25/h4-5,9-11,14-17,21-23H,2-3,6-8,12-13H2,1H3,(H,24,25)/b5-4+,14-9+,15-10+,16-11+,19-18+. The van der Waals surface area contributed by atoms with Gasteiger partial charge in [0.05, 0.1) is 6.10 Å². The summed E-state index contributed by atoms with van der Waals surface area (Å²) in [7, 11) is 0. The van der Waals surface area contributed by atoms with E-state index in [4.69, 9.17) is 5.11 Å². The van der Waals surface area contributed by atoms with Crippen molar-refractivity contribution in [3.05, 3.63) is 60.1 Å². The zero-order valence-electron chi connectivity index (χ0n) is 14.8. The lowest BCUT2D eigenvalue weighted by atomic mass is 10.1. The number of unbranched alkanes of at least 4 members (excludes halogenated alkanes) is 3. The zero-order valence-corrected chi connectivity index (χ0v) is 14.8. The van der Waals surface area contributed by atoms with Gasteiger partial charge in [-0.15, -0.1) is 0 Å². The molecule has 0 bridgehead atoms. The van der Waals surface area contributed by atoms with Crippen LogP contribution in [0.15, 0.2) is 60.1 Å². The number of rotatable bonds is 13. The van der Waals surface area contributed by atoms with Crippen molar-refractivity contribution in [1.82, 2.24) is 0 Å². The Balaban J connectivity index is 4.10. The van der Waals surface area contributed by atoms with E-state index in [1.165, 1.54) is 36.5 Å². The summed E-state index contributed by atoms with van der Waals surface area (Å²) < 4.78 is 0. The summed E-state index contributed by atoms with van der Waals surface area (Å²) in [6, 6.07) is 0. The number of carboxylic acid groups (broad SMARTS) is 1. The van der Waals surface area contributed by atoms with Crippen molar-refractivity contribution in [3.8, 4) is 0 Å². The lowest BCUT2D eigenvalue weighted by molar-refractivity contribution is -0.131. The van der Waals surface area contributed by atoms with Gasteiger partial charge in [0.25, 0.3) is 0 Å². The molecule has 0 aromatic rings. The molecule has 0 fully saturated rings. The molecule has 0 amide bonds. The number of allylic oxidation sites excluding steroid dienone is 7. The van der Waals surface area contributed by atoms with Crippen molar-refractivity contribution in [3.63, 3.8) is 0 Å². The number of carbonyl (C=O) groups is 1. The van der Waals surface area contributed by atoms with Crippen molar-refractivity contribution in [1.29, 1.82) is 0 Å². The molecule has 1 atom stereocenters. The molecular weight excluding hydrogens is 320 g/mol. The Bertz CT molecular complexity index is 512. The fourth-order valence-corrected chi connectivity index (χ4v) is 2.02. The molecule has 0 aromatic heterocycles. The van der Waals surface area contributed by atoms with Crippen LogP contribution in [0, 0.1) is 0 Å². The number of hydrogen-bond acceptors (Lipinski definition) is 4. The predicted octanol–water partition coefficient (Wildman–Crippen LogP) is 4.73. The number of aliphatic hydroxyl groups excluding tert-OH is 3. The summed E-state index contributed by atoms with van der Waals surface area (Å²) in [4.78, 5) is 10.2. The van der Waals surface area contributed by atoms with Crippen LogP contribution in [0.25, 0.3) is 0 Å². The molecule has 5 heteroatoms. The van der Waals surface area contributed by atoms with Crippen LogP contribution >= 0.6 is 0 Å². The van der Waals surface area contributed by atoms with Crippen LogP contribution in [-0.2, 0) is 4.79 Å². The Morgan fingerprint density at radius 3 is 2.08 bits per heavy atom. The summed E-state index contributed by atoms with van der Waals surface area (Å²) >= 11 is 0. The number of carboxylic acids is 1. The van der Waals surface area contributed by atoms with E-state index in [2.05, 4.69) is 6.92 Å². The van der Waals surface area contributed by atoms with Gasteiger partial charge in [0.2, 0.25) is 0 Å². The van der Waals surface area contributed by atoms with Gasteiger partial charge in [-0.3, -0.25) is 0 Å². The lowest BCUT2D eigenvalue weighted by Gasteiger charge is -2.08. The van der Waals surface area contributed by atoms with Crippen LogP contribution in [0.4, 0.5) is 0 Å². The first-order chi connectivity index (χ1) is 12.0. The van der Waals surface area contributed by atoms with Crippen LogP contribution in [0.1, 0.15) is 51.9 Å². The second kappa shape index (κ2) is 15.3. The van der Waals surface area contributed by atoms with Crippen LogP contribution in [0.2, 0.25) is 0 Å². The van der Waals surface area contributed by atoms with Gasteiger partial charge < -0.3 is 20.4 Å². The molecule has 0 aliphatic carbocycles. The molecule has 0 spiro atoms. The van der Waals surface area contributed by atoms with Crippen molar-refractivity contribution < 1.29 is 25.2 Å². The van der Waals surface area contributed by atoms with E-state index in [1.54, 1.807) is 6.08 Å². The average molecular weight is 350 g/mol. The normalized spacial score (nSPS) is 14.8. The van der Waals surface area contributed by atoms with Gasteiger partial charge in [-0.25, -0.2) is 4.79 Å². The second-order valence-electron chi connectivity index (χ2n) is 5.69. The molecular formula is C20H30O5. The Morgan fingerprint density at radius 1 is 0.840 bits per heavy atom. The van der Waals surface area contributed by atoms with Gasteiger partial charge in [-0.2, -0.15) is 0 Å². The van der Waals surface area contributed by atoms with E-state index < -0.39 is 5.97 Å². The summed E-state index contributed by atoms with van der Waals surface area (Å²) in [5.41, 5.74) is 0. The summed E-state index contributed by atoms with van der Waals surface area (Å²) in [5.74, 6) is -1.55. The highest BCUT2D eigenvalue weighted by Gasteiger charge is 2.02. The van der Waals surface area contributed by atoms with Crippen LogP contribution in [0.5, 0.6) is 0 Å². The first kappa shape index (κ1) is 22.7. The van der Waals surface area contributed by atoms with E-state index in [-0.39, 0.29) is 17.6 Å². The quantitative estimate of drug-likeness (QED) is 0.166. The number of hydrogen-bond donors (Lipinski definition) is 4. The van der Waals surface area contributed by atoms with Crippen LogP contribution < -0.4 is 0 Å². The van der Waals surface area contributed by atoms with Crippen molar-refractivity contribution in [2.24, 2.45) is 0 Å². The van der Waals surface area contributed by atoms with Crippen LogP contribution in [-0.4, -0.2) is 32.5 Å². The lowest BCUT2D eigenvalue weighted by Crippen LogP contribution is -2.05. The Hall–Kier alpha value is -2.27. The molecule has 4 N–H and O–H groups in total. The highest BCUT2D eigenvalue weighted by molar-refractivity contribution is 5.80. The highest BCUT2D eigenvalue weighted by Crippen LogP contribution is 2.10. The third kappa shape index (κ3) is 15.0. The maximum atomic E-state index is 10.2. The molecule has 25 heavy (non-hydrogen) atoms. The summed E-state index contributed by atoms with van der Waals surface area (Å²) in [5, 5.41) is 37.5. The molecule has 0 saturated heterocycles. The van der Waals surface area contributed by atoms with Gasteiger partial charge in [-0.05, 0) is 37.8 Å². The third-order valence-corrected chi connectivity index (χ3v) is 3.41. The van der Waals surface area contributed by atoms with Gasteiger partial charge >= 0.3 is 5.97 Å². The minimum Gasteiger partial charge on any atom is -0.504 e. The third-order valence-electron chi connectivity index (χ3n) is 3.41. The Kier molecular flexibility index (Phi) is 13.9. The van der Waals surface area contributed by atoms with E-state index >= 15 is 0 Å². The minimum atomic E-state index is -1.03. The maximum Gasteiger partial charge on any atom is 0.328 e. The monoisotopic (exact) mass is 350 g/mol. The second-order valence-corrected chi connectivity index (χ2v) is 5.69. The maximum absolute atomic E-state index is 10.2. The Morgan fingerprint density at radius 2 is 1.44 bits per heavy atom. The van der Waals surface area contributed by atoms with Gasteiger partial charge in [0, 0.05) is 6.08 Å². The Labute approximate surface area is 150 Å². The van der Waals surface area contributed by atoms with Crippen molar-refractivity contribution >= 4 is 5.97 Å². The zero-order chi connectivity index (χ0) is 18.9. The van der Waals surface area contributed by atoms with E-state index in [0.717, 1.165) is 44.6 Å². The largest absolute Gasteiger partial charge is 0.504 e. The van der Waals surface area contributed by atoms with E-state index in [1.807, 2.05) is 0 Å². The molecule has 0 heterocycles. The first-order valence-electron chi connectivity index (χ1n) is 8.68. The molecule has 5 nitrogen and oxygen atoms in total. The van der Waals surface area contributed by atoms with Crippen molar-refractivity contribution in [2.75, 3.05) is 0 Å². The molecule has 0 saturated carbocycles. The smallest absolute Gasteiger partial charge is 0.328 e. The SMILES string of the molecule is CCCCCC(O)CCC/C=C/C(O)=C(O)/C=C/C=C/C=C/C(=O)O. The van der Waals surface area contributed by atoms with E-state index in [9.17, 15) is 20.1 Å². The highest BCUT2D eigenvalue weighted by atomic mass is 16.4. The first-order valence-corrected chi connectivity index (χ1v) is 8.68. The van der Waals surface area contributed by atoms with Crippen LogP contribution in [0.3, 0.4) is 0 Å². The molecule has 0 aliphatic heterocycles. The molecule has 1 unspecified atom stereocenters. The summed E-state index contributed by atoms with van der Waals surface area (Å²) in [6.45, 7) is 2.13. The molecule has 0 aliphatic rings. The molecule has 0 radical (unpaired) electrons. The number of aliphatic hydroxyl groups is 3. The van der Waals surface area contributed by atoms with Crippen molar-refractivity contribution in [2.45, 2.75) is 58.0 Å². The topological polar surface area (TPSA) is 98.0 Å². The number of aliphatic carboxylic acids is 1.